The van der Waals surface area contributed by atoms with Gasteiger partial charge in [0.25, 0.3) is 0 Å². The molecule has 0 radical (unpaired) electrons. The van der Waals surface area contributed by atoms with Crippen LogP contribution in [0.25, 0.3) is 0 Å². The SMILES string of the molecule is CCCCC/C=C\C/C=C\CCCCCCCCCC(=O)OC(COC(=O)CCCCCCC/C=C\CCCCCCCCC)COC(=O)CCCCCCCCCCCCCCCCCCCCCC. The first-order chi connectivity index (χ1) is 35.0. The first-order valence-electron chi connectivity index (χ1n) is 31.5. The predicted octanol–water partition coefficient (Wildman–Crippen LogP) is 21.2. The number of carbonyl (C=O) groups excluding carboxylic acids is 3. The smallest absolute Gasteiger partial charge is 0.306 e. The van der Waals surface area contributed by atoms with E-state index < -0.39 is 6.10 Å². The number of carbonyl (C=O) groups is 3. The van der Waals surface area contributed by atoms with E-state index in [2.05, 4.69) is 57.2 Å². The zero-order chi connectivity index (χ0) is 51.4. The van der Waals surface area contributed by atoms with Crippen molar-refractivity contribution in [3.63, 3.8) is 0 Å². The summed E-state index contributed by atoms with van der Waals surface area (Å²) in [5.74, 6) is -0.868. The summed E-state index contributed by atoms with van der Waals surface area (Å²) in [5.41, 5.74) is 0. The minimum atomic E-state index is -0.778. The summed E-state index contributed by atoms with van der Waals surface area (Å²) in [6.45, 7) is 6.66. The summed E-state index contributed by atoms with van der Waals surface area (Å²) < 4.78 is 16.9. The van der Waals surface area contributed by atoms with E-state index in [1.807, 2.05) is 0 Å². The summed E-state index contributed by atoms with van der Waals surface area (Å²) in [6, 6.07) is 0. The summed E-state index contributed by atoms with van der Waals surface area (Å²) in [6.07, 6.45) is 72.8. The molecule has 0 saturated carbocycles. The van der Waals surface area contributed by atoms with E-state index in [-0.39, 0.29) is 31.1 Å². The standard InChI is InChI=1S/C65H120O6/c1-4-7-10-13-16-19-22-25-28-31-32-33-35-37-40-43-46-49-52-55-58-64(67)70-61-62(60-69-63(66)57-54-51-48-45-42-39-36-30-27-24-21-18-15-12-9-6-3)71-65(68)59-56-53-50-47-44-41-38-34-29-26-23-20-17-14-11-8-5-2/h17,20,26,29-30,36,62H,4-16,18-19,21-25,27-28,31-35,37-61H2,1-3H3/b20-17-,29-26-,36-30-. The van der Waals surface area contributed by atoms with E-state index >= 15 is 0 Å². The molecule has 0 aliphatic rings. The highest BCUT2D eigenvalue weighted by atomic mass is 16.6. The van der Waals surface area contributed by atoms with Gasteiger partial charge in [-0.05, 0) is 77.0 Å². The molecule has 6 nitrogen and oxygen atoms in total. The minimum absolute atomic E-state index is 0.0739. The molecule has 0 saturated heterocycles. The number of esters is 3. The third-order valence-electron chi connectivity index (χ3n) is 14.1. The number of hydrogen-bond donors (Lipinski definition) is 0. The van der Waals surface area contributed by atoms with Gasteiger partial charge in [-0.1, -0.05) is 282 Å². The first-order valence-corrected chi connectivity index (χ1v) is 31.5. The van der Waals surface area contributed by atoms with E-state index in [9.17, 15) is 14.4 Å². The summed E-state index contributed by atoms with van der Waals surface area (Å²) >= 11 is 0. The number of hydrogen-bond acceptors (Lipinski definition) is 6. The van der Waals surface area contributed by atoms with Crippen molar-refractivity contribution < 1.29 is 28.6 Å². The summed E-state index contributed by atoms with van der Waals surface area (Å²) in [5, 5.41) is 0. The monoisotopic (exact) mass is 997 g/mol. The zero-order valence-electron chi connectivity index (χ0n) is 47.8. The molecule has 71 heavy (non-hydrogen) atoms. The van der Waals surface area contributed by atoms with E-state index in [1.165, 1.54) is 225 Å². The molecule has 0 aromatic carbocycles. The molecule has 0 fully saturated rings. The van der Waals surface area contributed by atoms with Crippen LogP contribution in [0.2, 0.25) is 0 Å². The molecule has 0 bridgehead atoms. The zero-order valence-corrected chi connectivity index (χ0v) is 47.8. The van der Waals surface area contributed by atoms with Gasteiger partial charge in [0.05, 0.1) is 0 Å². The van der Waals surface area contributed by atoms with E-state index in [4.69, 9.17) is 14.2 Å². The van der Waals surface area contributed by atoms with Crippen molar-refractivity contribution in [2.24, 2.45) is 0 Å². The number of allylic oxidation sites excluding steroid dienone is 6. The fraction of sp³-hybridized carbons (Fsp3) is 0.862. The van der Waals surface area contributed by atoms with Gasteiger partial charge in [0.2, 0.25) is 0 Å². The molecule has 0 aliphatic carbocycles. The van der Waals surface area contributed by atoms with Gasteiger partial charge in [0, 0.05) is 19.3 Å². The van der Waals surface area contributed by atoms with Crippen molar-refractivity contribution in [3.8, 4) is 0 Å². The van der Waals surface area contributed by atoms with Gasteiger partial charge < -0.3 is 14.2 Å². The van der Waals surface area contributed by atoms with Crippen LogP contribution < -0.4 is 0 Å². The van der Waals surface area contributed by atoms with Gasteiger partial charge in [0.15, 0.2) is 6.10 Å². The second-order valence-electron chi connectivity index (χ2n) is 21.3. The lowest BCUT2D eigenvalue weighted by Crippen LogP contribution is -2.30. The molecule has 0 heterocycles. The maximum absolute atomic E-state index is 12.9. The molecular weight excluding hydrogens is 877 g/mol. The number of unbranched alkanes of at least 4 members (excludes halogenated alkanes) is 41. The molecule has 416 valence electrons. The maximum Gasteiger partial charge on any atom is 0.306 e. The summed E-state index contributed by atoms with van der Waals surface area (Å²) in [4.78, 5) is 38.3. The van der Waals surface area contributed by atoms with Crippen LogP contribution in [0.1, 0.15) is 342 Å². The van der Waals surface area contributed by atoms with Crippen molar-refractivity contribution in [3.05, 3.63) is 36.5 Å². The van der Waals surface area contributed by atoms with Gasteiger partial charge in [0.1, 0.15) is 13.2 Å². The van der Waals surface area contributed by atoms with Crippen LogP contribution in [0, 0.1) is 0 Å². The Morgan fingerprint density at radius 1 is 0.282 bits per heavy atom. The maximum atomic E-state index is 12.9. The number of ether oxygens (including phenoxy) is 3. The molecule has 0 spiro atoms. The second-order valence-corrected chi connectivity index (χ2v) is 21.3. The molecule has 0 aromatic rings. The lowest BCUT2D eigenvalue weighted by atomic mass is 10.0. The fourth-order valence-corrected chi connectivity index (χ4v) is 9.35. The predicted molar refractivity (Wildman–Crippen MR) is 307 cm³/mol. The topological polar surface area (TPSA) is 78.9 Å². The normalized spacial score (nSPS) is 12.2. The Balaban J connectivity index is 4.34. The Kier molecular flexibility index (Phi) is 58.2. The van der Waals surface area contributed by atoms with Crippen LogP contribution in [-0.4, -0.2) is 37.2 Å². The number of rotatable bonds is 58. The highest BCUT2D eigenvalue weighted by Gasteiger charge is 2.19. The fourth-order valence-electron chi connectivity index (χ4n) is 9.35. The molecule has 6 heteroatoms. The lowest BCUT2D eigenvalue weighted by molar-refractivity contribution is -0.167. The van der Waals surface area contributed by atoms with Crippen LogP contribution in [0.5, 0.6) is 0 Å². The third-order valence-corrected chi connectivity index (χ3v) is 14.1. The summed E-state index contributed by atoms with van der Waals surface area (Å²) in [7, 11) is 0. The highest BCUT2D eigenvalue weighted by molar-refractivity contribution is 5.71. The van der Waals surface area contributed by atoms with Gasteiger partial charge in [-0.25, -0.2) is 0 Å². The van der Waals surface area contributed by atoms with Crippen molar-refractivity contribution in [2.45, 2.75) is 348 Å². The van der Waals surface area contributed by atoms with Crippen molar-refractivity contribution >= 4 is 17.9 Å². The largest absolute Gasteiger partial charge is 0.462 e. The van der Waals surface area contributed by atoms with Gasteiger partial charge in [-0.2, -0.15) is 0 Å². The molecule has 0 aromatic heterocycles. The quantitative estimate of drug-likeness (QED) is 0.0261. The van der Waals surface area contributed by atoms with Crippen molar-refractivity contribution in [1.29, 1.82) is 0 Å². The van der Waals surface area contributed by atoms with E-state index in [0.717, 1.165) is 77.0 Å². The highest BCUT2D eigenvalue weighted by Crippen LogP contribution is 2.17. The first kappa shape index (κ1) is 68.6. The minimum Gasteiger partial charge on any atom is -0.462 e. The van der Waals surface area contributed by atoms with Crippen molar-refractivity contribution in [1.82, 2.24) is 0 Å². The average Bonchev–Trinajstić information content (AvgIpc) is 3.37. The second kappa shape index (κ2) is 60.2. The molecule has 0 N–H and O–H groups in total. The molecule has 0 rings (SSSR count). The van der Waals surface area contributed by atoms with Crippen LogP contribution in [0.4, 0.5) is 0 Å². The Morgan fingerprint density at radius 2 is 0.507 bits per heavy atom. The molecule has 1 unspecified atom stereocenters. The third kappa shape index (κ3) is 58.4. The van der Waals surface area contributed by atoms with Crippen molar-refractivity contribution in [2.75, 3.05) is 13.2 Å². The van der Waals surface area contributed by atoms with Crippen LogP contribution in [0.15, 0.2) is 36.5 Å². The van der Waals surface area contributed by atoms with Crippen LogP contribution in [0.3, 0.4) is 0 Å². The van der Waals surface area contributed by atoms with Crippen LogP contribution in [-0.2, 0) is 28.6 Å². The van der Waals surface area contributed by atoms with Gasteiger partial charge in [-0.3, -0.25) is 14.4 Å². The molecule has 0 aliphatic heterocycles. The Labute approximate surface area is 442 Å². The lowest BCUT2D eigenvalue weighted by Gasteiger charge is -2.18. The van der Waals surface area contributed by atoms with E-state index in [0.29, 0.717) is 19.3 Å². The average molecular weight is 998 g/mol. The Morgan fingerprint density at radius 3 is 0.817 bits per heavy atom. The molecule has 0 amide bonds. The Hall–Kier alpha value is -2.37. The molecular formula is C65H120O6. The van der Waals surface area contributed by atoms with E-state index in [1.54, 1.807) is 0 Å². The Bertz CT molecular complexity index is 1190. The van der Waals surface area contributed by atoms with Gasteiger partial charge >= 0.3 is 17.9 Å². The van der Waals surface area contributed by atoms with Gasteiger partial charge in [-0.15, -0.1) is 0 Å². The van der Waals surface area contributed by atoms with Crippen LogP contribution >= 0.6 is 0 Å². The molecule has 1 atom stereocenters.